The molecule has 0 aliphatic carbocycles. The summed E-state index contributed by atoms with van der Waals surface area (Å²) in [6.45, 7) is 3.83. The molecule has 1 saturated heterocycles. The Bertz CT molecular complexity index is 394. The lowest BCUT2D eigenvalue weighted by molar-refractivity contribution is -0.0403. The number of halogens is 1. The zero-order valence-corrected chi connectivity index (χ0v) is 10.6. The van der Waals surface area contributed by atoms with Crippen molar-refractivity contribution in [2.75, 3.05) is 26.9 Å². The Morgan fingerprint density at radius 2 is 2.17 bits per heavy atom. The van der Waals surface area contributed by atoms with E-state index in [2.05, 4.69) is 5.32 Å². The van der Waals surface area contributed by atoms with E-state index in [9.17, 15) is 4.39 Å². The minimum Gasteiger partial charge on any atom is -0.494 e. The fraction of sp³-hybridized carbons (Fsp3) is 0.538. The first-order valence-electron chi connectivity index (χ1n) is 6.00. The van der Waals surface area contributed by atoms with Gasteiger partial charge in [-0.05, 0) is 24.6 Å². The average Bonchev–Trinajstić information content (AvgIpc) is 2.89. The fourth-order valence-corrected chi connectivity index (χ4v) is 1.87. The molecule has 18 heavy (non-hydrogen) atoms. The Hall–Kier alpha value is -1.17. The van der Waals surface area contributed by atoms with Crippen molar-refractivity contribution in [1.82, 2.24) is 5.32 Å². The van der Waals surface area contributed by atoms with E-state index in [1.165, 1.54) is 13.2 Å². The first-order valence-corrected chi connectivity index (χ1v) is 6.00. The summed E-state index contributed by atoms with van der Waals surface area (Å²) in [5, 5.41) is 3.25. The Labute approximate surface area is 106 Å². The Balaban J connectivity index is 1.91. The van der Waals surface area contributed by atoms with Crippen molar-refractivity contribution in [3.8, 4) is 5.75 Å². The van der Waals surface area contributed by atoms with Crippen LogP contribution in [-0.2, 0) is 9.47 Å². The minimum atomic E-state index is -0.350. The van der Waals surface area contributed by atoms with Crippen LogP contribution in [0, 0.1) is 5.82 Å². The number of methoxy groups -OCH3 is 1. The van der Waals surface area contributed by atoms with Crippen molar-refractivity contribution in [2.24, 2.45) is 0 Å². The highest BCUT2D eigenvalue weighted by Crippen LogP contribution is 2.21. The molecule has 5 heteroatoms. The van der Waals surface area contributed by atoms with Crippen LogP contribution in [0.2, 0.25) is 0 Å². The van der Waals surface area contributed by atoms with Gasteiger partial charge in [0, 0.05) is 12.6 Å². The molecule has 1 heterocycles. The van der Waals surface area contributed by atoms with Gasteiger partial charge < -0.3 is 19.5 Å². The number of hydrogen-bond donors (Lipinski definition) is 1. The first-order chi connectivity index (χ1) is 8.70. The van der Waals surface area contributed by atoms with Gasteiger partial charge in [0.15, 0.2) is 17.9 Å². The summed E-state index contributed by atoms with van der Waals surface area (Å²) in [5.41, 5.74) is 0.867. The summed E-state index contributed by atoms with van der Waals surface area (Å²) in [5.74, 6) is -0.0922. The lowest BCUT2D eigenvalue weighted by Gasteiger charge is -2.17. The summed E-state index contributed by atoms with van der Waals surface area (Å²) in [7, 11) is 1.45. The van der Waals surface area contributed by atoms with E-state index in [4.69, 9.17) is 14.2 Å². The molecule has 1 aliphatic rings. The highest BCUT2D eigenvalue weighted by Gasteiger charge is 2.17. The van der Waals surface area contributed by atoms with Crippen LogP contribution >= 0.6 is 0 Å². The van der Waals surface area contributed by atoms with E-state index >= 15 is 0 Å². The SMILES string of the molecule is COc1ccc(C(C)NCC2OCCO2)cc1F. The number of hydrogen-bond acceptors (Lipinski definition) is 4. The summed E-state index contributed by atoms with van der Waals surface area (Å²) in [6.07, 6.45) is -0.199. The molecular weight excluding hydrogens is 237 g/mol. The van der Waals surface area contributed by atoms with E-state index in [1.807, 2.05) is 13.0 Å². The van der Waals surface area contributed by atoms with Gasteiger partial charge in [-0.2, -0.15) is 0 Å². The van der Waals surface area contributed by atoms with Crippen LogP contribution in [0.5, 0.6) is 5.75 Å². The number of ether oxygens (including phenoxy) is 3. The number of benzene rings is 1. The molecule has 0 radical (unpaired) electrons. The van der Waals surface area contributed by atoms with E-state index in [1.54, 1.807) is 6.07 Å². The van der Waals surface area contributed by atoms with E-state index in [-0.39, 0.29) is 23.9 Å². The van der Waals surface area contributed by atoms with E-state index in [0.717, 1.165) is 5.56 Å². The van der Waals surface area contributed by atoms with Crippen molar-refractivity contribution in [3.05, 3.63) is 29.6 Å². The maximum absolute atomic E-state index is 13.5. The van der Waals surface area contributed by atoms with Crippen LogP contribution in [0.3, 0.4) is 0 Å². The van der Waals surface area contributed by atoms with Gasteiger partial charge in [-0.25, -0.2) is 4.39 Å². The van der Waals surface area contributed by atoms with Crippen molar-refractivity contribution in [3.63, 3.8) is 0 Å². The van der Waals surface area contributed by atoms with Crippen molar-refractivity contribution < 1.29 is 18.6 Å². The molecule has 1 unspecified atom stereocenters. The Morgan fingerprint density at radius 3 is 2.78 bits per heavy atom. The van der Waals surface area contributed by atoms with Crippen LogP contribution in [0.1, 0.15) is 18.5 Å². The van der Waals surface area contributed by atoms with Crippen LogP contribution in [-0.4, -0.2) is 33.2 Å². The summed E-state index contributed by atoms with van der Waals surface area (Å²) < 4.78 is 29.1. The second-order valence-corrected chi connectivity index (χ2v) is 4.20. The lowest BCUT2D eigenvalue weighted by atomic mass is 10.1. The molecule has 0 spiro atoms. The van der Waals surface area contributed by atoms with Gasteiger partial charge >= 0.3 is 0 Å². The molecule has 0 amide bonds. The van der Waals surface area contributed by atoms with Crippen molar-refractivity contribution in [1.29, 1.82) is 0 Å². The second kappa shape index (κ2) is 6.13. The van der Waals surface area contributed by atoms with Gasteiger partial charge in [-0.3, -0.25) is 0 Å². The third kappa shape index (κ3) is 3.19. The zero-order chi connectivity index (χ0) is 13.0. The van der Waals surface area contributed by atoms with Crippen molar-refractivity contribution in [2.45, 2.75) is 19.3 Å². The Kier molecular flexibility index (Phi) is 4.52. The van der Waals surface area contributed by atoms with E-state index in [0.29, 0.717) is 19.8 Å². The highest BCUT2D eigenvalue weighted by molar-refractivity contribution is 5.30. The molecule has 1 fully saturated rings. The summed E-state index contributed by atoms with van der Waals surface area (Å²) in [6, 6.07) is 4.98. The largest absolute Gasteiger partial charge is 0.494 e. The molecule has 0 bridgehead atoms. The standard InChI is InChI=1S/C13H18FNO3/c1-9(15-8-13-17-5-6-18-13)10-3-4-12(16-2)11(14)7-10/h3-4,7,9,13,15H,5-6,8H2,1-2H3. The predicted octanol–water partition coefficient (Wildman–Crippen LogP) is 1.86. The maximum Gasteiger partial charge on any atom is 0.170 e. The second-order valence-electron chi connectivity index (χ2n) is 4.20. The third-order valence-electron chi connectivity index (χ3n) is 2.96. The molecule has 1 N–H and O–H groups in total. The lowest BCUT2D eigenvalue weighted by Crippen LogP contribution is -2.29. The van der Waals surface area contributed by atoms with Gasteiger partial charge in [-0.15, -0.1) is 0 Å². The molecule has 100 valence electrons. The van der Waals surface area contributed by atoms with Gasteiger partial charge in [-0.1, -0.05) is 6.07 Å². The molecule has 0 aromatic heterocycles. The first kappa shape index (κ1) is 13.3. The molecule has 2 rings (SSSR count). The smallest absolute Gasteiger partial charge is 0.170 e. The monoisotopic (exact) mass is 255 g/mol. The highest BCUT2D eigenvalue weighted by atomic mass is 19.1. The molecule has 1 aliphatic heterocycles. The number of rotatable bonds is 5. The van der Waals surface area contributed by atoms with Crippen molar-refractivity contribution >= 4 is 0 Å². The predicted molar refractivity (Wildman–Crippen MR) is 65.1 cm³/mol. The van der Waals surface area contributed by atoms with Crippen LogP contribution in [0.4, 0.5) is 4.39 Å². The minimum absolute atomic E-state index is 0.0261. The van der Waals surface area contributed by atoms with Crippen LogP contribution < -0.4 is 10.1 Å². The fourth-order valence-electron chi connectivity index (χ4n) is 1.87. The van der Waals surface area contributed by atoms with Gasteiger partial charge in [0.1, 0.15) is 0 Å². The summed E-state index contributed by atoms with van der Waals surface area (Å²) >= 11 is 0. The van der Waals surface area contributed by atoms with Crippen LogP contribution in [0.25, 0.3) is 0 Å². The summed E-state index contributed by atoms with van der Waals surface area (Å²) in [4.78, 5) is 0. The molecule has 0 saturated carbocycles. The molecule has 1 aromatic carbocycles. The van der Waals surface area contributed by atoms with Gasteiger partial charge in [0.2, 0.25) is 0 Å². The quantitative estimate of drug-likeness (QED) is 0.871. The van der Waals surface area contributed by atoms with Gasteiger partial charge in [0.05, 0.1) is 20.3 Å². The van der Waals surface area contributed by atoms with E-state index < -0.39 is 0 Å². The maximum atomic E-state index is 13.5. The number of nitrogens with one attached hydrogen (secondary N) is 1. The molecule has 4 nitrogen and oxygen atoms in total. The van der Waals surface area contributed by atoms with Crippen LogP contribution in [0.15, 0.2) is 18.2 Å². The Morgan fingerprint density at radius 1 is 1.44 bits per heavy atom. The average molecular weight is 255 g/mol. The molecule has 1 aromatic rings. The zero-order valence-electron chi connectivity index (χ0n) is 10.6. The molecule has 1 atom stereocenters. The van der Waals surface area contributed by atoms with Gasteiger partial charge in [0.25, 0.3) is 0 Å². The third-order valence-corrected chi connectivity index (χ3v) is 2.96. The topological polar surface area (TPSA) is 39.7 Å². The normalized spacial score (nSPS) is 17.9. The molecular formula is C13H18FNO3.